The minimum absolute atomic E-state index is 0.505. The van der Waals surface area contributed by atoms with Crippen LogP contribution in [-0.2, 0) is 0 Å². The van der Waals surface area contributed by atoms with Gasteiger partial charge in [-0.3, -0.25) is 0 Å². The Hall–Kier alpha value is -1.22. The smallest absolute Gasteiger partial charge is 0.176 e. The summed E-state index contributed by atoms with van der Waals surface area (Å²) in [6.07, 6.45) is 0. The molecule has 64 valence electrons. The molecule has 12 heavy (non-hydrogen) atoms. The molecule has 0 aliphatic rings. The molecule has 0 aromatic heterocycles. The van der Waals surface area contributed by atoms with Crippen LogP contribution < -0.4 is 10.2 Å². The standard InChI is InChI=1S/C8H9ClN2O/c1-10-6-3-4-8(12-11-2)7(9)5-6/h3-5,10H,2H2,1H3. The quantitative estimate of drug-likeness (QED) is 0.578. The highest BCUT2D eigenvalue weighted by atomic mass is 35.5. The van der Waals surface area contributed by atoms with Crippen molar-refractivity contribution in [3.05, 3.63) is 23.2 Å². The Kier molecular flexibility index (Phi) is 2.94. The number of nitrogens with one attached hydrogen (secondary N) is 1. The highest BCUT2D eigenvalue weighted by Gasteiger charge is 2.01. The van der Waals surface area contributed by atoms with Gasteiger partial charge in [0.2, 0.25) is 0 Å². The monoisotopic (exact) mass is 184 g/mol. The summed E-state index contributed by atoms with van der Waals surface area (Å²) in [6.45, 7) is 3.19. The number of benzene rings is 1. The van der Waals surface area contributed by atoms with Gasteiger partial charge in [-0.2, -0.15) is 0 Å². The zero-order valence-corrected chi connectivity index (χ0v) is 7.43. The van der Waals surface area contributed by atoms with Crippen molar-refractivity contribution in [3.8, 4) is 5.75 Å². The lowest BCUT2D eigenvalue weighted by Gasteiger charge is -2.03. The highest BCUT2D eigenvalue weighted by Crippen LogP contribution is 2.27. The van der Waals surface area contributed by atoms with Crippen LogP contribution in [0.4, 0.5) is 5.69 Å². The second-order valence-electron chi connectivity index (χ2n) is 2.12. The van der Waals surface area contributed by atoms with E-state index in [1.54, 1.807) is 12.1 Å². The predicted octanol–water partition coefficient (Wildman–Crippen LogP) is 2.38. The summed E-state index contributed by atoms with van der Waals surface area (Å²) in [6, 6.07) is 5.32. The summed E-state index contributed by atoms with van der Waals surface area (Å²) in [5.74, 6) is 0.505. The van der Waals surface area contributed by atoms with Gasteiger partial charge in [0.25, 0.3) is 0 Å². The fourth-order valence-electron chi connectivity index (χ4n) is 0.800. The molecule has 3 nitrogen and oxygen atoms in total. The first-order chi connectivity index (χ1) is 5.77. The van der Waals surface area contributed by atoms with Crippen LogP contribution in [0.1, 0.15) is 0 Å². The maximum atomic E-state index is 5.83. The van der Waals surface area contributed by atoms with Crippen LogP contribution in [0.3, 0.4) is 0 Å². The van der Waals surface area contributed by atoms with Gasteiger partial charge in [0.05, 0.1) is 5.02 Å². The van der Waals surface area contributed by atoms with E-state index < -0.39 is 0 Å². The molecule has 0 aliphatic heterocycles. The minimum Gasteiger partial charge on any atom is -0.388 e. The third kappa shape index (κ3) is 1.89. The highest BCUT2D eigenvalue weighted by molar-refractivity contribution is 6.32. The molecule has 0 heterocycles. The van der Waals surface area contributed by atoms with Crippen LogP contribution in [0.2, 0.25) is 5.02 Å². The number of rotatable bonds is 3. The van der Waals surface area contributed by atoms with Gasteiger partial charge in [0, 0.05) is 19.5 Å². The van der Waals surface area contributed by atoms with Crippen molar-refractivity contribution in [2.45, 2.75) is 0 Å². The summed E-state index contributed by atoms with van der Waals surface area (Å²) < 4.78 is 0. The molecule has 0 saturated heterocycles. The van der Waals surface area contributed by atoms with E-state index in [0.29, 0.717) is 10.8 Å². The fraction of sp³-hybridized carbons (Fsp3) is 0.125. The van der Waals surface area contributed by atoms with E-state index in [9.17, 15) is 0 Å². The molecule has 1 aromatic carbocycles. The van der Waals surface area contributed by atoms with Crippen LogP contribution in [0.5, 0.6) is 5.75 Å². The van der Waals surface area contributed by atoms with E-state index in [1.807, 2.05) is 13.1 Å². The molecule has 1 rings (SSSR count). The topological polar surface area (TPSA) is 33.6 Å². The number of hydrogen-bond donors (Lipinski definition) is 1. The van der Waals surface area contributed by atoms with E-state index in [0.717, 1.165) is 5.69 Å². The molecule has 0 unspecified atom stereocenters. The molecule has 0 spiro atoms. The van der Waals surface area contributed by atoms with Crippen LogP contribution in [-0.4, -0.2) is 13.8 Å². The van der Waals surface area contributed by atoms with Gasteiger partial charge in [-0.05, 0) is 18.2 Å². The maximum Gasteiger partial charge on any atom is 0.176 e. The maximum absolute atomic E-state index is 5.83. The first-order valence-corrected chi connectivity index (χ1v) is 3.76. The first kappa shape index (κ1) is 8.87. The Balaban J connectivity index is 2.94. The van der Waals surface area contributed by atoms with Crippen LogP contribution in [0, 0.1) is 0 Å². The lowest BCUT2D eigenvalue weighted by atomic mass is 10.3. The molecule has 0 aliphatic carbocycles. The van der Waals surface area contributed by atoms with Gasteiger partial charge < -0.3 is 10.2 Å². The molecule has 0 amide bonds. The van der Waals surface area contributed by atoms with E-state index in [4.69, 9.17) is 16.4 Å². The Bertz CT molecular complexity index is 288. The normalized spacial score (nSPS) is 9.17. The number of oxime groups is 1. The molecule has 4 heteroatoms. The van der Waals surface area contributed by atoms with E-state index in [-0.39, 0.29) is 0 Å². The summed E-state index contributed by atoms with van der Waals surface area (Å²) in [4.78, 5) is 4.79. The number of halogens is 1. The van der Waals surface area contributed by atoms with Crippen molar-refractivity contribution < 1.29 is 4.84 Å². The third-order valence-electron chi connectivity index (χ3n) is 1.38. The van der Waals surface area contributed by atoms with Gasteiger partial charge >= 0.3 is 0 Å². The van der Waals surface area contributed by atoms with E-state index in [2.05, 4.69) is 17.2 Å². The Morgan fingerprint density at radius 2 is 2.33 bits per heavy atom. The van der Waals surface area contributed by atoms with Gasteiger partial charge in [-0.1, -0.05) is 16.8 Å². The van der Waals surface area contributed by atoms with Crippen molar-refractivity contribution in [2.24, 2.45) is 5.16 Å². The van der Waals surface area contributed by atoms with Crippen LogP contribution >= 0.6 is 11.6 Å². The summed E-state index contributed by atoms with van der Waals surface area (Å²) >= 11 is 5.83. The van der Waals surface area contributed by atoms with Crippen molar-refractivity contribution in [1.82, 2.24) is 0 Å². The molecule has 0 bridgehead atoms. The SMILES string of the molecule is C=NOc1ccc(NC)cc1Cl. The largest absolute Gasteiger partial charge is 0.388 e. The third-order valence-corrected chi connectivity index (χ3v) is 1.68. The minimum atomic E-state index is 0.505. The summed E-state index contributed by atoms with van der Waals surface area (Å²) in [7, 11) is 1.82. The summed E-state index contributed by atoms with van der Waals surface area (Å²) in [5, 5.41) is 6.73. The molecule has 0 radical (unpaired) electrons. The zero-order chi connectivity index (χ0) is 8.97. The van der Waals surface area contributed by atoms with Crippen LogP contribution in [0.15, 0.2) is 23.4 Å². The van der Waals surface area contributed by atoms with E-state index in [1.165, 1.54) is 0 Å². The average Bonchev–Trinajstić information content (AvgIpc) is 2.09. The number of nitrogens with zero attached hydrogens (tertiary/aromatic N) is 1. The van der Waals surface area contributed by atoms with Crippen LogP contribution in [0.25, 0.3) is 0 Å². The molecule has 0 atom stereocenters. The molecular weight excluding hydrogens is 176 g/mol. The Morgan fingerprint density at radius 3 is 2.83 bits per heavy atom. The van der Waals surface area contributed by atoms with Gasteiger partial charge in [-0.25, -0.2) is 0 Å². The Morgan fingerprint density at radius 1 is 1.58 bits per heavy atom. The van der Waals surface area contributed by atoms with Crippen molar-refractivity contribution >= 4 is 24.0 Å². The van der Waals surface area contributed by atoms with Crippen molar-refractivity contribution in [1.29, 1.82) is 0 Å². The number of anilines is 1. The number of hydrogen-bond acceptors (Lipinski definition) is 3. The lowest BCUT2D eigenvalue weighted by molar-refractivity contribution is 0.346. The first-order valence-electron chi connectivity index (χ1n) is 3.38. The average molecular weight is 185 g/mol. The fourth-order valence-corrected chi connectivity index (χ4v) is 1.01. The van der Waals surface area contributed by atoms with Gasteiger partial charge in [-0.15, -0.1) is 0 Å². The Labute approximate surface area is 76.0 Å². The van der Waals surface area contributed by atoms with Gasteiger partial charge in [0.1, 0.15) is 0 Å². The van der Waals surface area contributed by atoms with Gasteiger partial charge in [0.15, 0.2) is 5.75 Å². The van der Waals surface area contributed by atoms with Crippen molar-refractivity contribution in [3.63, 3.8) is 0 Å². The van der Waals surface area contributed by atoms with E-state index >= 15 is 0 Å². The van der Waals surface area contributed by atoms with Crippen molar-refractivity contribution in [2.75, 3.05) is 12.4 Å². The lowest BCUT2D eigenvalue weighted by Crippen LogP contribution is -1.88. The summed E-state index contributed by atoms with van der Waals surface area (Å²) in [5.41, 5.74) is 0.927. The molecular formula is C8H9ClN2O. The zero-order valence-electron chi connectivity index (χ0n) is 6.67. The molecule has 0 fully saturated rings. The predicted molar refractivity (Wildman–Crippen MR) is 51.2 cm³/mol. The molecule has 0 saturated carbocycles. The second-order valence-corrected chi connectivity index (χ2v) is 2.52. The molecule has 1 aromatic rings. The second kappa shape index (κ2) is 3.97. The molecule has 1 N–H and O–H groups in total.